The average molecular weight is 620 g/mol. The maximum Gasteiger partial charge on any atom is 0.244 e. The van der Waals surface area contributed by atoms with Crippen LogP contribution < -0.4 is 9.62 Å². The number of halogens is 2. The molecule has 0 bridgehead atoms. The van der Waals surface area contributed by atoms with Gasteiger partial charge in [-0.25, -0.2) is 8.42 Å². The summed E-state index contributed by atoms with van der Waals surface area (Å²) in [5.74, 6) is -0.752. The average Bonchev–Trinajstić information content (AvgIpc) is 2.78. The van der Waals surface area contributed by atoms with Crippen molar-refractivity contribution >= 4 is 61.7 Å². The van der Waals surface area contributed by atoms with Crippen LogP contribution in [-0.4, -0.2) is 50.5 Å². The summed E-state index contributed by atoms with van der Waals surface area (Å²) >= 11 is 8.47. The van der Waals surface area contributed by atoms with Crippen LogP contribution in [-0.2, 0) is 26.2 Å². The number of sulfonamides is 1. The molecule has 0 aliphatic heterocycles. The number of rotatable bonds is 12. The Morgan fingerprint density at radius 2 is 1.74 bits per heavy atom. The first kappa shape index (κ1) is 28.4. The van der Waals surface area contributed by atoms with Gasteiger partial charge in [-0.2, -0.15) is 0 Å². The highest BCUT2D eigenvalue weighted by atomic mass is 127. The summed E-state index contributed by atoms with van der Waals surface area (Å²) in [5.41, 5.74) is 1.06. The van der Waals surface area contributed by atoms with E-state index in [2.05, 4.69) is 27.9 Å². The summed E-state index contributed by atoms with van der Waals surface area (Å²) in [7, 11) is -3.75. The quantitative estimate of drug-likeness (QED) is 0.281. The lowest BCUT2D eigenvalue weighted by atomic mass is 10.1. The number of nitrogens with zero attached hydrogens (tertiary/aromatic N) is 2. The van der Waals surface area contributed by atoms with Gasteiger partial charge in [-0.1, -0.05) is 50.1 Å². The fourth-order valence-corrected chi connectivity index (χ4v) is 4.86. The van der Waals surface area contributed by atoms with Gasteiger partial charge in [0.05, 0.1) is 11.9 Å². The van der Waals surface area contributed by atoms with Crippen LogP contribution in [0.1, 0.15) is 38.7 Å². The number of anilines is 1. The van der Waals surface area contributed by atoms with Crippen LogP contribution in [0.2, 0.25) is 5.02 Å². The zero-order chi connectivity index (χ0) is 25.3. The minimum atomic E-state index is -3.75. The summed E-state index contributed by atoms with van der Waals surface area (Å²) in [6, 6.07) is 13.2. The molecule has 0 saturated carbocycles. The lowest BCUT2D eigenvalue weighted by Gasteiger charge is -2.33. The molecule has 2 amide bonds. The number of amides is 2. The van der Waals surface area contributed by atoms with E-state index in [0.717, 1.165) is 27.0 Å². The predicted octanol–water partition coefficient (Wildman–Crippen LogP) is 4.43. The van der Waals surface area contributed by atoms with Gasteiger partial charge < -0.3 is 10.2 Å². The summed E-state index contributed by atoms with van der Waals surface area (Å²) < 4.78 is 27.2. The Morgan fingerprint density at radius 1 is 1.09 bits per heavy atom. The molecule has 10 heteroatoms. The van der Waals surface area contributed by atoms with Crippen LogP contribution >= 0.6 is 34.2 Å². The van der Waals surface area contributed by atoms with E-state index in [0.29, 0.717) is 29.2 Å². The molecule has 0 aromatic heterocycles. The Hall–Kier alpha value is -1.85. The van der Waals surface area contributed by atoms with E-state index in [1.807, 2.05) is 13.8 Å². The van der Waals surface area contributed by atoms with E-state index in [1.165, 1.54) is 4.90 Å². The van der Waals surface area contributed by atoms with E-state index in [-0.39, 0.29) is 12.5 Å². The van der Waals surface area contributed by atoms with Crippen molar-refractivity contribution in [2.75, 3.05) is 23.7 Å². The zero-order valence-electron chi connectivity index (χ0n) is 19.6. The van der Waals surface area contributed by atoms with Gasteiger partial charge >= 0.3 is 0 Å². The molecule has 0 aliphatic rings. The van der Waals surface area contributed by atoms with E-state index in [4.69, 9.17) is 11.6 Å². The molecule has 1 N–H and O–H groups in total. The fraction of sp³-hybridized carbons (Fsp3) is 0.417. The molecule has 7 nitrogen and oxygen atoms in total. The maximum absolute atomic E-state index is 13.6. The number of nitrogens with one attached hydrogen (secondary N) is 1. The molecule has 0 spiro atoms. The summed E-state index contributed by atoms with van der Waals surface area (Å²) in [4.78, 5) is 28.0. The fourth-order valence-electron chi connectivity index (χ4n) is 3.46. The highest BCUT2D eigenvalue weighted by molar-refractivity contribution is 14.1. The van der Waals surface area contributed by atoms with Gasteiger partial charge in [-0.05, 0) is 71.3 Å². The molecular weight excluding hydrogens is 589 g/mol. The van der Waals surface area contributed by atoms with Crippen molar-refractivity contribution in [3.63, 3.8) is 0 Å². The van der Waals surface area contributed by atoms with Crippen molar-refractivity contribution < 1.29 is 18.0 Å². The van der Waals surface area contributed by atoms with Gasteiger partial charge in [0.25, 0.3) is 0 Å². The van der Waals surface area contributed by atoms with Gasteiger partial charge in [0.15, 0.2) is 0 Å². The third kappa shape index (κ3) is 8.13. The molecule has 186 valence electrons. The first-order chi connectivity index (χ1) is 16.1. The molecule has 2 aromatic carbocycles. The molecule has 0 aliphatic carbocycles. The van der Waals surface area contributed by atoms with Crippen LogP contribution in [0, 0.1) is 3.57 Å². The maximum atomic E-state index is 13.6. The monoisotopic (exact) mass is 619 g/mol. The minimum Gasteiger partial charge on any atom is -0.354 e. The minimum absolute atomic E-state index is 0.0858. The molecule has 0 saturated heterocycles. The highest BCUT2D eigenvalue weighted by Gasteiger charge is 2.31. The SMILES string of the molecule is CCCCNC(=O)C(CC)N(Cc1ccccc1Cl)C(=O)CN(c1ccc(I)cc1)S(C)(=O)=O. The standard InChI is InChI=1S/C24H31ClIN3O4S/c1-4-6-15-27-24(31)22(5-2)28(16-18-9-7-8-10-21(18)25)23(30)17-29(34(3,32)33)20-13-11-19(26)12-14-20/h7-14,22H,4-6,15-17H2,1-3H3,(H,27,31). The Kier molecular flexibility index (Phi) is 11.1. The van der Waals surface area contributed by atoms with Crippen LogP contribution in [0.3, 0.4) is 0 Å². The molecule has 1 unspecified atom stereocenters. The topological polar surface area (TPSA) is 86.8 Å². The lowest BCUT2D eigenvalue weighted by molar-refractivity contribution is -0.140. The van der Waals surface area contributed by atoms with Crippen molar-refractivity contribution in [2.45, 2.75) is 45.7 Å². The van der Waals surface area contributed by atoms with Gasteiger partial charge in [0.2, 0.25) is 21.8 Å². The van der Waals surface area contributed by atoms with Gasteiger partial charge in [-0.3, -0.25) is 13.9 Å². The number of carbonyl (C=O) groups excluding carboxylic acids is 2. The van der Waals surface area contributed by atoms with Crippen LogP contribution in [0.25, 0.3) is 0 Å². The first-order valence-corrected chi connectivity index (χ1v) is 14.4. The number of carbonyl (C=O) groups is 2. The van der Waals surface area contributed by atoms with Crippen LogP contribution in [0.5, 0.6) is 0 Å². The van der Waals surface area contributed by atoms with Crippen molar-refractivity contribution in [1.29, 1.82) is 0 Å². The second-order valence-corrected chi connectivity index (χ2v) is 11.5. The van der Waals surface area contributed by atoms with Crippen LogP contribution in [0.4, 0.5) is 5.69 Å². The molecule has 1 atom stereocenters. The predicted molar refractivity (Wildman–Crippen MR) is 145 cm³/mol. The number of hydrogen-bond acceptors (Lipinski definition) is 4. The molecule has 34 heavy (non-hydrogen) atoms. The largest absolute Gasteiger partial charge is 0.354 e. The van der Waals surface area contributed by atoms with Crippen LogP contribution in [0.15, 0.2) is 48.5 Å². The number of hydrogen-bond donors (Lipinski definition) is 1. The summed E-state index contributed by atoms with van der Waals surface area (Å²) in [5, 5.41) is 3.36. The second kappa shape index (κ2) is 13.3. The van der Waals surface area contributed by atoms with Gasteiger partial charge in [-0.15, -0.1) is 0 Å². The van der Waals surface area contributed by atoms with Gasteiger partial charge in [0.1, 0.15) is 12.6 Å². The van der Waals surface area contributed by atoms with Gasteiger partial charge in [0, 0.05) is 21.7 Å². The number of benzene rings is 2. The summed E-state index contributed by atoms with van der Waals surface area (Å²) in [6.45, 7) is 4.02. The summed E-state index contributed by atoms with van der Waals surface area (Å²) in [6.07, 6.45) is 3.19. The molecule has 0 fully saturated rings. The third-order valence-electron chi connectivity index (χ3n) is 5.31. The normalized spacial score (nSPS) is 12.1. The number of unbranched alkanes of at least 4 members (excludes halogenated alkanes) is 1. The zero-order valence-corrected chi connectivity index (χ0v) is 23.4. The van der Waals surface area contributed by atoms with E-state index in [1.54, 1.807) is 48.5 Å². The molecule has 2 rings (SSSR count). The van der Waals surface area contributed by atoms with Crippen molar-refractivity contribution in [3.05, 3.63) is 62.7 Å². The Balaban J connectivity index is 2.40. The van der Waals surface area contributed by atoms with Crippen molar-refractivity contribution in [2.24, 2.45) is 0 Å². The Labute approximate surface area is 221 Å². The Morgan fingerprint density at radius 3 is 2.29 bits per heavy atom. The van der Waals surface area contributed by atoms with E-state index >= 15 is 0 Å². The van der Waals surface area contributed by atoms with Crippen molar-refractivity contribution in [3.8, 4) is 0 Å². The first-order valence-electron chi connectivity index (χ1n) is 11.1. The van der Waals surface area contributed by atoms with Crippen molar-refractivity contribution in [1.82, 2.24) is 10.2 Å². The molecule has 0 heterocycles. The second-order valence-electron chi connectivity index (χ2n) is 7.93. The molecule has 2 aromatic rings. The third-order valence-corrected chi connectivity index (χ3v) is 7.54. The highest BCUT2D eigenvalue weighted by Crippen LogP contribution is 2.23. The molecular formula is C24H31ClIN3O4S. The van der Waals surface area contributed by atoms with E-state index < -0.39 is 28.5 Å². The lowest BCUT2D eigenvalue weighted by Crippen LogP contribution is -2.52. The smallest absolute Gasteiger partial charge is 0.244 e. The molecule has 0 radical (unpaired) electrons. The Bertz CT molecular complexity index is 1080. The van der Waals surface area contributed by atoms with E-state index in [9.17, 15) is 18.0 Å².